The second-order valence-electron chi connectivity index (χ2n) is 0. The van der Waals surface area contributed by atoms with Crippen molar-refractivity contribution in [3.8, 4) is 0 Å². The number of hydrogen-bond donors (Lipinski definition) is 1. The summed E-state index contributed by atoms with van der Waals surface area (Å²) in [4.78, 5) is 0. The Balaban J connectivity index is 0. The molecule has 0 aromatic heterocycles. The van der Waals surface area contributed by atoms with Crippen LogP contribution in [0.3, 0.4) is 0 Å². The molecule has 0 unspecified atom stereocenters. The number of rotatable bonds is 0. The summed E-state index contributed by atoms with van der Waals surface area (Å²) in [6, 6.07) is 0. The highest BCUT2D eigenvalue weighted by Crippen LogP contribution is 0.145. The van der Waals surface area contributed by atoms with E-state index in [1.807, 2.05) is 0 Å². The third-order valence-corrected chi connectivity index (χ3v) is 0. The van der Waals surface area contributed by atoms with Crippen LogP contribution in [0.25, 0.3) is 0 Å². The Kier molecular flexibility index (Phi) is 246000. The van der Waals surface area contributed by atoms with Gasteiger partial charge >= 0.3 is 0 Å². The van der Waals surface area contributed by atoms with Crippen molar-refractivity contribution in [2.45, 2.75) is 14.9 Å². The maximum atomic E-state index is 0. The van der Waals surface area contributed by atoms with Crippen LogP contribution in [0, 0.1) is 0 Å². The quantitative estimate of drug-likeness (QED) is 0.405. The molecular formula is C2H15BNSi. The first kappa shape index (κ1) is 1610. The van der Waals surface area contributed by atoms with Crippen LogP contribution in [0.1, 0.15) is 14.9 Å². The van der Waals surface area contributed by atoms with E-state index in [2.05, 4.69) is 0 Å². The summed E-state index contributed by atoms with van der Waals surface area (Å²) < 4.78 is 0. The van der Waals surface area contributed by atoms with Crippen LogP contribution < -0.4 is 6.15 Å². The van der Waals surface area contributed by atoms with E-state index in [0.717, 1.165) is 0 Å². The van der Waals surface area contributed by atoms with Gasteiger partial charge < -0.3 is 6.15 Å². The monoisotopic (exact) mass is 92.1 g/mol. The standard InChI is InChI=1S/2CH4.B.H3N.H4Si/h2*1H4;;1H3;1H4. The summed E-state index contributed by atoms with van der Waals surface area (Å²) in [5.74, 6) is 0. The van der Waals surface area contributed by atoms with Gasteiger partial charge in [-0.1, -0.05) is 14.9 Å². The Morgan fingerprint density at radius 1 is 0.800 bits per heavy atom. The summed E-state index contributed by atoms with van der Waals surface area (Å²) >= 11 is 0. The van der Waals surface area contributed by atoms with Gasteiger partial charge in [0, 0.05) is 8.41 Å². The van der Waals surface area contributed by atoms with Gasteiger partial charge in [0.25, 0.3) is 0 Å². The Bertz CT molecular complexity index is 9.61. The third-order valence-electron chi connectivity index (χ3n) is 0. The molecule has 3 N–H and O–H groups in total. The van der Waals surface area contributed by atoms with E-state index in [1.165, 1.54) is 0 Å². The first-order valence-corrected chi connectivity index (χ1v) is 0. The van der Waals surface area contributed by atoms with Gasteiger partial charge in [-0.25, -0.2) is 0 Å². The summed E-state index contributed by atoms with van der Waals surface area (Å²) in [7, 11) is 0. The molecule has 0 atom stereocenters. The molecule has 3 radical (unpaired) electrons. The van der Waals surface area contributed by atoms with Crippen molar-refractivity contribution in [2.75, 3.05) is 0 Å². The molecule has 0 amide bonds. The van der Waals surface area contributed by atoms with E-state index in [1.54, 1.807) is 0 Å². The normalized spacial score (nSPS) is 0. The third kappa shape index (κ3) is 365. The minimum Gasteiger partial charge on any atom is -0.344 e. The second-order valence-corrected chi connectivity index (χ2v) is 0. The Labute approximate surface area is 41.3 Å². The summed E-state index contributed by atoms with van der Waals surface area (Å²) in [6.45, 7) is 0. The highest BCUT2D eigenvalue weighted by Gasteiger charge is 0.000100. The van der Waals surface area contributed by atoms with Crippen molar-refractivity contribution in [3.05, 3.63) is 0 Å². The van der Waals surface area contributed by atoms with Crippen LogP contribution >= 0.6 is 0 Å². The zero-order chi connectivity index (χ0) is 0. The molecule has 35 valence electrons. The Morgan fingerprint density at radius 2 is 0.800 bits per heavy atom. The van der Waals surface area contributed by atoms with Crippen LogP contribution in [0.2, 0.25) is 0 Å². The van der Waals surface area contributed by atoms with Crippen LogP contribution in [0.4, 0.5) is 0 Å². The zero-order valence-corrected chi connectivity index (χ0v) is 1.28. The average Bonchev–Trinajstić information content (AvgIpc) is 0. The molecule has 0 aromatic carbocycles. The first-order valence-electron chi connectivity index (χ1n) is 0. The molecule has 0 bridgehead atoms. The van der Waals surface area contributed by atoms with Crippen molar-refractivity contribution in [2.24, 2.45) is 0 Å². The molecule has 3 heteroatoms. The van der Waals surface area contributed by atoms with Gasteiger partial charge in [0.1, 0.15) is 0 Å². The van der Waals surface area contributed by atoms with Gasteiger partial charge in [-0.3, -0.25) is 0 Å². The SMILES string of the molecule is C.C.N.[B].[SiH4]. The maximum Gasteiger partial charge on any atom is 0 e. The summed E-state index contributed by atoms with van der Waals surface area (Å²) in [5, 5.41) is 0. The molecule has 1 nitrogen and oxygen atoms in total. The molecule has 0 aliphatic rings. The minimum absolute atomic E-state index is 0. The lowest BCUT2D eigenvalue weighted by Crippen LogP contribution is -0.481. The van der Waals surface area contributed by atoms with E-state index in [-0.39, 0.29) is 40.4 Å². The fourth-order valence-corrected chi connectivity index (χ4v) is 0. The smallest absolute Gasteiger partial charge is 0 e. The van der Waals surface area contributed by atoms with Crippen molar-refractivity contribution in [1.29, 1.82) is 0 Å². The fraction of sp³-hybridized carbons (Fsp3) is 1.00. The first-order chi connectivity index (χ1) is 0. The van der Waals surface area contributed by atoms with Crippen molar-refractivity contribution >= 4 is 19.4 Å². The van der Waals surface area contributed by atoms with E-state index >= 15 is 0 Å². The lowest BCUT2D eigenvalue weighted by Gasteiger charge is -0.344. The maximum absolute atomic E-state index is 0. The fourth-order valence-electron chi connectivity index (χ4n) is 0. The zero-order valence-electron chi connectivity index (χ0n) is 1.28. The minimum atomic E-state index is 0. The molecule has 0 fully saturated rings. The van der Waals surface area contributed by atoms with Gasteiger partial charge in [-0.2, -0.15) is 0 Å². The van der Waals surface area contributed by atoms with Crippen molar-refractivity contribution in [1.82, 2.24) is 6.15 Å². The van der Waals surface area contributed by atoms with Crippen molar-refractivity contribution in [3.63, 3.8) is 0 Å². The van der Waals surface area contributed by atoms with Gasteiger partial charge in [0.05, 0.1) is 0 Å². The molecule has 0 aromatic rings. The molecule has 5 heavy (non-hydrogen) atoms. The van der Waals surface area contributed by atoms with Crippen LogP contribution in [-0.4, -0.2) is 19.4 Å². The molecular weight excluding hydrogens is 76.9 g/mol. The molecule has 0 heterocycles. The van der Waals surface area contributed by atoms with E-state index in [4.69, 9.17) is 0 Å². The molecule has 0 saturated carbocycles. The van der Waals surface area contributed by atoms with Crippen LogP contribution in [-0.2, 0) is 0 Å². The summed E-state index contributed by atoms with van der Waals surface area (Å²) in [5.41, 5.74) is 0. The van der Waals surface area contributed by atoms with E-state index < -0.39 is 0 Å². The van der Waals surface area contributed by atoms with Gasteiger partial charge in [0.2, 0.25) is 0 Å². The number of hydrogen-bond acceptors (Lipinski definition) is 1. The Morgan fingerprint density at radius 3 is 0.800 bits per heavy atom. The Hall–Kier alpha value is 0.242. The van der Waals surface area contributed by atoms with Gasteiger partial charge in [-0.15, -0.1) is 0 Å². The highest BCUT2D eigenvalue weighted by atomic mass is 28.1. The lowest BCUT2D eigenvalue weighted by molar-refractivity contribution is 2.13. The van der Waals surface area contributed by atoms with Gasteiger partial charge in [0.15, 0.2) is 0 Å². The predicted molar refractivity (Wildman–Crippen MR) is 35.6 cm³/mol. The van der Waals surface area contributed by atoms with Gasteiger partial charge in [-0.05, 0) is 11.0 Å². The topological polar surface area (TPSA) is 35.0 Å². The lowest BCUT2D eigenvalue weighted by atomic mass is 10.8. The molecule has 0 saturated heterocycles. The molecule has 0 aliphatic carbocycles. The van der Waals surface area contributed by atoms with E-state index in [0.29, 0.717) is 0 Å². The predicted octanol–water partition coefficient (Wildman–Crippen LogP) is -0.398. The molecule has 0 rings (SSSR count). The second kappa shape index (κ2) is 762. The van der Waals surface area contributed by atoms with Crippen LogP contribution in [0.15, 0.2) is 0 Å². The average molecular weight is 92.0 g/mol. The van der Waals surface area contributed by atoms with E-state index in [9.17, 15) is 0 Å². The largest absolute Gasteiger partial charge is 0.344 e. The summed E-state index contributed by atoms with van der Waals surface area (Å²) in [6.07, 6.45) is 0. The molecule has 0 spiro atoms. The highest BCUT2D eigenvalue weighted by molar-refractivity contribution is 5.76. The molecule has 0 aliphatic heterocycles. The van der Waals surface area contributed by atoms with Crippen LogP contribution in [0.5, 0.6) is 0 Å². The van der Waals surface area contributed by atoms with Crippen molar-refractivity contribution < 1.29 is 0 Å².